The Labute approximate surface area is 95.5 Å². The van der Waals surface area contributed by atoms with Crippen LogP contribution in [0.25, 0.3) is 0 Å². The van der Waals surface area contributed by atoms with E-state index < -0.39 is 5.97 Å². The third-order valence-corrected chi connectivity index (χ3v) is 2.99. The van der Waals surface area contributed by atoms with E-state index in [0.29, 0.717) is 6.42 Å². The highest BCUT2D eigenvalue weighted by atomic mass is 16.4. The van der Waals surface area contributed by atoms with Crippen LogP contribution in [0, 0.1) is 0 Å². The van der Waals surface area contributed by atoms with Crippen LogP contribution in [-0.2, 0) is 17.6 Å². The van der Waals surface area contributed by atoms with Crippen molar-refractivity contribution in [3.63, 3.8) is 0 Å². The van der Waals surface area contributed by atoms with Gasteiger partial charge < -0.3 is 10.4 Å². The number of benzene rings is 1. The van der Waals surface area contributed by atoms with Gasteiger partial charge >= 0.3 is 5.97 Å². The molecule has 1 aromatic rings. The Morgan fingerprint density at radius 3 is 3.06 bits per heavy atom. The molecule has 1 heterocycles. The number of carboxylic acid groups (broad SMARTS) is 1. The minimum Gasteiger partial charge on any atom is -0.481 e. The average molecular weight is 219 g/mol. The Morgan fingerprint density at radius 2 is 2.25 bits per heavy atom. The first-order valence-corrected chi connectivity index (χ1v) is 5.83. The van der Waals surface area contributed by atoms with Gasteiger partial charge in [-0.15, -0.1) is 0 Å². The molecule has 0 bridgehead atoms. The van der Waals surface area contributed by atoms with Crippen molar-refractivity contribution in [3.05, 3.63) is 29.3 Å². The average Bonchev–Trinajstić information content (AvgIpc) is 2.50. The van der Waals surface area contributed by atoms with Gasteiger partial charge in [0.2, 0.25) is 0 Å². The lowest BCUT2D eigenvalue weighted by Gasteiger charge is -2.09. The molecule has 3 nitrogen and oxygen atoms in total. The largest absolute Gasteiger partial charge is 0.481 e. The number of fused-ring (bicyclic) bond motifs is 1. The Kier molecular flexibility index (Phi) is 3.44. The fraction of sp³-hybridized carbons (Fsp3) is 0.462. The molecule has 2 rings (SSSR count). The minimum absolute atomic E-state index is 0.214. The van der Waals surface area contributed by atoms with E-state index in [1.807, 2.05) is 6.07 Å². The summed E-state index contributed by atoms with van der Waals surface area (Å²) >= 11 is 0. The lowest BCUT2D eigenvalue weighted by atomic mass is 10.0. The second-order valence-corrected chi connectivity index (χ2v) is 4.27. The molecule has 0 spiro atoms. The Bertz CT molecular complexity index is 388. The highest BCUT2D eigenvalue weighted by molar-refractivity contribution is 5.67. The predicted molar refractivity (Wildman–Crippen MR) is 63.8 cm³/mol. The van der Waals surface area contributed by atoms with Crippen molar-refractivity contribution in [2.75, 3.05) is 11.9 Å². The van der Waals surface area contributed by atoms with Crippen LogP contribution in [0.5, 0.6) is 0 Å². The van der Waals surface area contributed by atoms with Crippen molar-refractivity contribution in [2.45, 2.75) is 32.1 Å². The summed E-state index contributed by atoms with van der Waals surface area (Å²) in [5.74, 6) is -0.729. The van der Waals surface area contributed by atoms with Gasteiger partial charge in [-0.3, -0.25) is 4.79 Å². The van der Waals surface area contributed by atoms with Crippen LogP contribution < -0.4 is 5.32 Å². The fourth-order valence-electron chi connectivity index (χ4n) is 2.10. The molecule has 0 amide bonds. The molecule has 86 valence electrons. The van der Waals surface area contributed by atoms with Crippen LogP contribution >= 0.6 is 0 Å². The molecule has 0 fully saturated rings. The number of carbonyl (C=O) groups is 1. The molecule has 0 saturated heterocycles. The molecule has 0 atom stereocenters. The number of rotatable bonds is 3. The van der Waals surface area contributed by atoms with E-state index in [4.69, 9.17) is 5.11 Å². The lowest BCUT2D eigenvalue weighted by Crippen LogP contribution is -2.01. The summed E-state index contributed by atoms with van der Waals surface area (Å²) in [5.41, 5.74) is 3.68. The van der Waals surface area contributed by atoms with Gasteiger partial charge in [-0.2, -0.15) is 0 Å². The normalized spacial score (nSPS) is 14.8. The smallest absolute Gasteiger partial charge is 0.303 e. The number of hydrogen-bond acceptors (Lipinski definition) is 2. The summed E-state index contributed by atoms with van der Waals surface area (Å²) in [4.78, 5) is 10.5. The zero-order chi connectivity index (χ0) is 11.4. The molecule has 0 saturated carbocycles. The zero-order valence-corrected chi connectivity index (χ0v) is 9.33. The van der Waals surface area contributed by atoms with Gasteiger partial charge in [0.05, 0.1) is 0 Å². The van der Waals surface area contributed by atoms with Crippen molar-refractivity contribution in [1.29, 1.82) is 0 Å². The van der Waals surface area contributed by atoms with Gasteiger partial charge in [0.25, 0.3) is 0 Å². The lowest BCUT2D eigenvalue weighted by molar-refractivity contribution is -0.136. The van der Waals surface area contributed by atoms with E-state index in [0.717, 1.165) is 18.5 Å². The Morgan fingerprint density at radius 1 is 1.38 bits per heavy atom. The molecule has 3 heteroatoms. The first-order valence-electron chi connectivity index (χ1n) is 5.83. The molecule has 0 aliphatic carbocycles. The van der Waals surface area contributed by atoms with Crippen LogP contribution in [-0.4, -0.2) is 17.6 Å². The molecule has 1 aliphatic rings. The summed E-state index contributed by atoms with van der Waals surface area (Å²) < 4.78 is 0. The number of anilines is 1. The number of aryl methyl sites for hydroxylation is 2. The maximum Gasteiger partial charge on any atom is 0.303 e. The van der Waals surface area contributed by atoms with Crippen LogP contribution in [0.1, 0.15) is 30.4 Å². The second kappa shape index (κ2) is 5.01. The topological polar surface area (TPSA) is 49.3 Å². The molecule has 0 aromatic heterocycles. The van der Waals surface area contributed by atoms with Crippen molar-refractivity contribution in [3.8, 4) is 0 Å². The van der Waals surface area contributed by atoms with Gasteiger partial charge in [-0.05, 0) is 42.9 Å². The fourth-order valence-corrected chi connectivity index (χ4v) is 2.10. The number of nitrogens with one attached hydrogen (secondary N) is 1. The third-order valence-electron chi connectivity index (χ3n) is 2.99. The van der Waals surface area contributed by atoms with Crippen LogP contribution in [0.2, 0.25) is 0 Å². The standard InChI is InChI=1S/C13H17NO2/c15-13(16)7-5-10-4-6-12-11(9-10)3-1-2-8-14-12/h4,6,9,14H,1-3,5,7-8H2,(H,15,16). The SMILES string of the molecule is O=C(O)CCc1ccc2c(c1)CCCCN2. The highest BCUT2D eigenvalue weighted by Crippen LogP contribution is 2.23. The van der Waals surface area contributed by atoms with Gasteiger partial charge in [-0.25, -0.2) is 0 Å². The van der Waals surface area contributed by atoms with E-state index in [-0.39, 0.29) is 6.42 Å². The molecule has 16 heavy (non-hydrogen) atoms. The molecule has 1 aromatic carbocycles. The van der Waals surface area contributed by atoms with Gasteiger partial charge in [0.1, 0.15) is 0 Å². The number of hydrogen-bond donors (Lipinski definition) is 2. The van der Waals surface area contributed by atoms with Crippen molar-refractivity contribution >= 4 is 11.7 Å². The van der Waals surface area contributed by atoms with E-state index in [1.165, 1.54) is 24.1 Å². The Hall–Kier alpha value is -1.51. The van der Waals surface area contributed by atoms with E-state index in [1.54, 1.807) is 0 Å². The van der Waals surface area contributed by atoms with E-state index >= 15 is 0 Å². The first kappa shape index (κ1) is 11.0. The molecule has 2 N–H and O–H groups in total. The predicted octanol–water partition coefficient (Wildman–Crippen LogP) is 2.45. The van der Waals surface area contributed by atoms with Gasteiger partial charge in [0, 0.05) is 18.7 Å². The summed E-state index contributed by atoms with van der Waals surface area (Å²) in [5, 5.41) is 12.0. The summed E-state index contributed by atoms with van der Waals surface area (Å²) in [6.45, 7) is 1.04. The molecular weight excluding hydrogens is 202 g/mol. The maximum atomic E-state index is 10.5. The van der Waals surface area contributed by atoms with Gasteiger partial charge in [-0.1, -0.05) is 12.1 Å². The highest BCUT2D eigenvalue weighted by Gasteiger charge is 2.08. The second-order valence-electron chi connectivity index (χ2n) is 4.27. The zero-order valence-electron chi connectivity index (χ0n) is 9.33. The van der Waals surface area contributed by atoms with Crippen LogP contribution in [0.3, 0.4) is 0 Å². The molecule has 0 radical (unpaired) electrons. The minimum atomic E-state index is -0.729. The molecular formula is C13H17NO2. The van der Waals surface area contributed by atoms with E-state index in [9.17, 15) is 4.79 Å². The summed E-state index contributed by atoms with van der Waals surface area (Å²) in [6.07, 6.45) is 4.36. The van der Waals surface area contributed by atoms with Crippen molar-refractivity contribution < 1.29 is 9.90 Å². The monoisotopic (exact) mass is 219 g/mol. The maximum absolute atomic E-state index is 10.5. The van der Waals surface area contributed by atoms with Crippen molar-refractivity contribution in [2.24, 2.45) is 0 Å². The Balaban J connectivity index is 2.11. The molecule has 0 unspecified atom stereocenters. The summed E-state index contributed by atoms with van der Waals surface area (Å²) in [7, 11) is 0. The number of aliphatic carboxylic acids is 1. The van der Waals surface area contributed by atoms with Crippen molar-refractivity contribution in [1.82, 2.24) is 0 Å². The van der Waals surface area contributed by atoms with Crippen LogP contribution in [0.15, 0.2) is 18.2 Å². The number of carboxylic acids is 1. The van der Waals surface area contributed by atoms with E-state index in [2.05, 4.69) is 17.4 Å². The summed E-state index contributed by atoms with van der Waals surface area (Å²) in [6, 6.07) is 6.26. The molecule has 1 aliphatic heterocycles. The quantitative estimate of drug-likeness (QED) is 0.821. The van der Waals surface area contributed by atoms with Gasteiger partial charge in [0.15, 0.2) is 0 Å². The van der Waals surface area contributed by atoms with Crippen LogP contribution in [0.4, 0.5) is 5.69 Å². The third kappa shape index (κ3) is 2.75. The first-order chi connectivity index (χ1) is 7.75.